The van der Waals surface area contributed by atoms with Crippen molar-refractivity contribution < 1.29 is 9.21 Å². The lowest BCUT2D eigenvalue weighted by atomic mass is 9.89. The van der Waals surface area contributed by atoms with Crippen LogP contribution in [0.1, 0.15) is 24.5 Å². The van der Waals surface area contributed by atoms with Crippen molar-refractivity contribution in [1.29, 1.82) is 0 Å². The Hall–Kier alpha value is -2.49. The van der Waals surface area contributed by atoms with Crippen molar-refractivity contribution in [2.75, 3.05) is 11.1 Å². The number of nitrogens with one attached hydrogen (secondary N) is 1. The van der Waals surface area contributed by atoms with Gasteiger partial charge in [-0.1, -0.05) is 12.1 Å². The molecule has 0 spiro atoms. The fourth-order valence-electron chi connectivity index (χ4n) is 2.49. The quantitative estimate of drug-likeness (QED) is 0.838. The number of benzene rings is 1. The molecule has 1 aromatic carbocycles. The molecular weight excluding hydrogens is 252 g/mol. The molecule has 1 heterocycles. The summed E-state index contributed by atoms with van der Waals surface area (Å²) in [6.45, 7) is 0. The number of furan rings is 1. The second kappa shape index (κ2) is 5.25. The third-order valence-corrected chi connectivity index (χ3v) is 3.45. The normalized spacial score (nSPS) is 18.7. The summed E-state index contributed by atoms with van der Waals surface area (Å²) in [5, 5.41) is 3.25. The Bertz CT molecular complexity index is 644. The van der Waals surface area contributed by atoms with Crippen LogP contribution < -0.4 is 11.1 Å². The van der Waals surface area contributed by atoms with Crippen LogP contribution in [0.25, 0.3) is 0 Å². The van der Waals surface area contributed by atoms with Crippen LogP contribution in [0.5, 0.6) is 0 Å². The highest BCUT2D eigenvalue weighted by atomic mass is 16.3. The first-order chi connectivity index (χ1) is 9.72. The molecular formula is C16H16N2O2. The fraction of sp³-hybridized carbons (Fsp3) is 0.188. The van der Waals surface area contributed by atoms with Gasteiger partial charge in [0.2, 0.25) is 0 Å². The van der Waals surface area contributed by atoms with Gasteiger partial charge in [0.25, 0.3) is 0 Å². The Balaban J connectivity index is 1.80. The predicted molar refractivity (Wildman–Crippen MR) is 78.3 cm³/mol. The Labute approximate surface area is 117 Å². The molecule has 0 unspecified atom stereocenters. The van der Waals surface area contributed by atoms with E-state index in [9.17, 15) is 4.79 Å². The molecule has 0 amide bonds. The van der Waals surface area contributed by atoms with Gasteiger partial charge in [0, 0.05) is 24.1 Å². The molecule has 4 heteroatoms. The summed E-state index contributed by atoms with van der Waals surface area (Å²) in [6, 6.07) is 11.3. The second-order valence-corrected chi connectivity index (χ2v) is 4.97. The van der Waals surface area contributed by atoms with Gasteiger partial charge in [0.15, 0.2) is 5.78 Å². The Morgan fingerprint density at radius 1 is 1.15 bits per heavy atom. The van der Waals surface area contributed by atoms with Crippen LogP contribution >= 0.6 is 0 Å². The number of anilines is 2. The average molecular weight is 268 g/mol. The van der Waals surface area contributed by atoms with E-state index in [2.05, 4.69) is 5.32 Å². The van der Waals surface area contributed by atoms with Crippen molar-refractivity contribution in [3.05, 3.63) is 60.2 Å². The van der Waals surface area contributed by atoms with E-state index in [4.69, 9.17) is 10.2 Å². The Morgan fingerprint density at radius 2 is 2.00 bits per heavy atom. The molecule has 0 fully saturated rings. The minimum Gasteiger partial charge on any atom is -0.469 e. The highest BCUT2D eigenvalue weighted by Gasteiger charge is 2.24. The summed E-state index contributed by atoms with van der Waals surface area (Å²) in [6.07, 6.45) is 4.53. The molecule has 2 aromatic rings. The summed E-state index contributed by atoms with van der Waals surface area (Å²) in [7, 11) is 0. The minimum absolute atomic E-state index is 0.0925. The third-order valence-electron chi connectivity index (χ3n) is 3.45. The average Bonchev–Trinajstić information content (AvgIpc) is 2.95. The van der Waals surface area contributed by atoms with Crippen molar-refractivity contribution >= 4 is 17.2 Å². The van der Waals surface area contributed by atoms with Crippen LogP contribution in [0.4, 0.5) is 11.4 Å². The van der Waals surface area contributed by atoms with E-state index in [0.29, 0.717) is 12.1 Å². The maximum absolute atomic E-state index is 11.9. The van der Waals surface area contributed by atoms with E-state index >= 15 is 0 Å². The van der Waals surface area contributed by atoms with Crippen LogP contribution in [0, 0.1) is 0 Å². The smallest absolute Gasteiger partial charge is 0.158 e. The van der Waals surface area contributed by atoms with Gasteiger partial charge in [0.1, 0.15) is 5.76 Å². The number of rotatable bonds is 3. The molecule has 1 atom stereocenters. The highest BCUT2D eigenvalue weighted by molar-refractivity contribution is 5.92. The molecule has 0 radical (unpaired) electrons. The lowest BCUT2D eigenvalue weighted by Crippen LogP contribution is -2.16. The van der Waals surface area contributed by atoms with Crippen molar-refractivity contribution in [1.82, 2.24) is 0 Å². The molecule has 0 aliphatic heterocycles. The lowest BCUT2D eigenvalue weighted by molar-refractivity contribution is -0.115. The van der Waals surface area contributed by atoms with Crippen LogP contribution in [0.15, 0.2) is 58.9 Å². The Kier molecular flexibility index (Phi) is 3.29. The summed E-state index contributed by atoms with van der Waals surface area (Å²) >= 11 is 0. The number of hydrogen-bond acceptors (Lipinski definition) is 4. The zero-order valence-corrected chi connectivity index (χ0v) is 11.0. The van der Waals surface area contributed by atoms with Gasteiger partial charge in [-0.3, -0.25) is 4.79 Å². The fourth-order valence-corrected chi connectivity index (χ4v) is 2.49. The highest BCUT2D eigenvalue weighted by Crippen LogP contribution is 2.32. The maximum Gasteiger partial charge on any atom is 0.158 e. The topological polar surface area (TPSA) is 68.3 Å². The number of nitrogens with two attached hydrogens (primary N) is 1. The molecule has 3 N–H and O–H groups in total. The summed E-state index contributed by atoms with van der Waals surface area (Å²) in [5.74, 6) is 1.05. The zero-order chi connectivity index (χ0) is 13.9. The monoisotopic (exact) mass is 268 g/mol. The molecule has 0 bridgehead atoms. The first-order valence-corrected chi connectivity index (χ1v) is 6.60. The summed E-state index contributed by atoms with van der Waals surface area (Å²) in [5.41, 5.74) is 8.28. The van der Waals surface area contributed by atoms with Crippen molar-refractivity contribution in [3.8, 4) is 0 Å². The number of allylic oxidation sites excluding steroid dienone is 2. The molecule has 4 nitrogen and oxygen atoms in total. The number of nitrogen functional groups attached to an aromatic ring is 1. The summed E-state index contributed by atoms with van der Waals surface area (Å²) in [4.78, 5) is 11.9. The molecule has 1 aliphatic rings. The van der Waals surface area contributed by atoms with Crippen molar-refractivity contribution in [3.63, 3.8) is 0 Å². The van der Waals surface area contributed by atoms with Gasteiger partial charge in [-0.25, -0.2) is 0 Å². The first kappa shape index (κ1) is 12.5. The van der Waals surface area contributed by atoms with Gasteiger partial charge in [-0.05, 0) is 30.7 Å². The zero-order valence-electron chi connectivity index (χ0n) is 11.0. The molecule has 1 aliphatic carbocycles. The molecule has 3 rings (SSSR count). The van der Waals surface area contributed by atoms with Crippen LogP contribution in [-0.4, -0.2) is 5.78 Å². The number of carbonyl (C=O) groups is 1. The number of carbonyl (C=O) groups excluding carboxylic acids is 1. The van der Waals surface area contributed by atoms with Crippen molar-refractivity contribution in [2.45, 2.75) is 18.8 Å². The van der Waals surface area contributed by atoms with Crippen LogP contribution in [0.3, 0.4) is 0 Å². The van der Waals surface area contributed by atoms with E-state index in [1.165, 1.54) is 0 Å². The van der Waals surface area contributed by atoms with Crippen molar-refractivity contribution in [2.24, 2.45) is 0 Å². The SMILES string of the molecule is Nc1ccccc1NC1=CC(=O)C[C@H](c2ccco2)C1. The van der Waals surface area contributed by atoms with Gasteiger partial charge in [0.05, 0.1) is 17.6 Å². The maximum atomic E-state index is 11.9. The van der Waals surface area contributed by atoms with E-state index < -0.39 is 0 Å². The molecule has 0 saturated carbocycles. The van der Waals surface area contributed by atoms with Crippen LogP contribution in [-0.2, 0) is 4.79 Å². The van der Waals surface area contributed by atoms with Gasteiger partial charge in [-0.15, -0.1) is 0 Å². The van der Waals surface area contributed by atoms with Gasteiger partial charge < -0.3 is 15.5 Å². The molecule has 1 aromatic heterocycles. The lowest BCUT2D eigenvalue weighted by Gasteiger charge is -2.22. The third kappa shape index (κ3) is 2.59. The van der Waals surface area contributed by atoms with E-state index in [0.717, 1.165) is 23.6 Å². The predicted octanol–water partition coefficient (Wildman–Crippen LogP) is 3.30. The van der Waals surface area contributed by atoms with Gasteiger partial charge in [-0.2, -0.15) is 0 Å². The molecule has 20 heavy (non-hydrogen) atoms. The molecule has 0 saturated heterocycles. The van der Waals surface area contributed by atoms with Crippen LogP contribution in [0.2, 0.25) is 0 Å². The summed E-state index contributed by atoms with van der Waals surface area (Å²) < 4.78 is 5.41. The molecule has 102 valence electrons. The van der Waals surface area contributed by atoms with E-state index in [-0.39, 0.29) is 11.7 Å². The first-order valence-electron chi connectivity index (χ1n) is 6.60. The number of hydrogen-bond donors (Lipinski definition) is 2. The van der Waals surface area contributed by atoms with E-state index in [1.807, 2.05) is 36.4 Å². The van der Waals surface area contributed by atoms with E-state index in [1.54, 1.807) is 12.3 Å². The number of ketones is 1. The number of para-hydroxylation sites is 2. The minimum atomic E-state index is 0.0925. The van der Waals surface area contributed by atoms with Gasteiger partial charge >= 0.3 is 0 Å². The Morgan fingerprint density at radius 3 is 2.75 bits per heavy atom. The second-order valence-electron chi connectivity index (χ2n) is 4.97. The largest absolute Gasteiger partial charge is 0.469 e. The standard InChI is InChI=1S/C16H16N2O2/c17-14-4-1-2-5-15(14)18-12-8-11(9-13(19)10-12)16-6-3-7-20-16/h1-7,10-11,18H,8-9,17H2/t11-/m1/s1.